The molecule has 0 saturated heterocycles. The van der Waals surface area contributed by atoms with Crippen molar-refractivity contribution in [3.05, 3.63) is 63.4 Å². The van der Waals surface area contributed by atoms with Gasteiger partial charge in [0.2, 0.25) is 11.6 Å². The lowest BCUT2D eigenvalue weighted by Gasteiger charge is -2.33. The number of carbonyl (C=O) groups is 2. The van der Waals surface area contributed by atoms with Crippen LogP contribution in [0.25, 0.3) is 11.1 Å². The number of ether oxygens (including phenoxy) is 1. The summed E-state index contributed by atoms with van der Waals surface area (Å²) in [5.74, 6) is -0.585. The first kappa shape index (κ1) is 20.8. The zero-order valence-corrected chi connectivity index (χ0v) is 17.9. The van der Waals surface area contributed by atoms with E-state index in [2.05, 4.69) is 17.1 Å². The van der Waals surface area contributed by atoms with Gasteiger partial charge in [-0.2, -0.15) is 0 Å². The van der Waals surface area contributed by atoms with E-state index in [1.807, 2.05) is 12.1 Å². The van der Waals surface area contributed by atoms with Gasteiger partial charge in [-0.1, -0.05) is 24.3 Å². The Morgan fingerprint density at radius 2 is 2.10 bits per heavy atom. The zero-order valence-electron chi connectivity index (χ0n) is 17.9. The van der Waals surface area contributed by atoms with Crippen LogP contribution < -0.4 is 5.56 Å². The number of aryl methyl sites for hydroxylation is 2. The van der Waals surface area contributed by atoms with E-state index in [4.69, 9.17) is 9.15 Å². The van der Waals surface area contributed by atoms with Gasteiger partial charge in [-0.05, 0) is 44.2 Å². The minimum atomic E-state index is -0.641. The van der Waals surface area contributed by atoms with Crippen LogP contribution in [0, 0.1) is 6.92 Å². The number of hydrogen-bond acceptors (Lipinski definition) is 6. The molecule has 0 unspecified atom stereocenters. The Bertz CT molecular complexity index is 1210. The number of fused-ring (bicyclic) bond motifs is 2. The highest BCUT2D eigenvalue weighted by Crippen LogP contribution is 2.33. The summed E-state index contributed by atoms with van der Waals surface area (Å²) in [6.45, 7) is 3.26. The predicted molar refractivity (Wildman–Crippen MR) is 114 cm³/mol. The fourth-order valence-electron chi connectivity index (χ4n) is 4.26. The van der Waals surface area contributed by atoms with Crippen molar-refractivity contribution in [1.82, 2.24) is 14.5 Å². The van der Waals surface area contributed by atoms with Gasteiger partial charge in [0.05, 0.1) is 12.6 Å². The SMILES string of the molecule is CCOC(=O)c1c(C)oc2ncn(CC(=O)N(C)[C@H]3CCCc4ccccc43)c(=O)c12. The molecule has 1 aliphatic carbocycles. The number of esters is 1. The van der Waals surface area contributed by atoms with Gasteiger partial charge in [-0.15, -0.1) is 0 Å². The first-order chi connectivity index (χ1) is 14.9. The van der Waals surface area contributed by atoms with Crippen molar-refractivity contribution in [2.24, 2.45) is 0 Å². The molecule has 0 bridgehead atoms. The summed E-state index contributed by atoms with van der Waals surface area (Å²) in [6, 6.07) is 8.12. The highest BCUT2D eigenvalue weighted by atomic mass is 16.5. The molecule has 8 heteroatoms. The summed E-state index contributed by atoms with van der Waals surface area (Å²) in [7, 11) is 1.76. The maximum atomic E-state index is 13.1. The smallest absolute Gasteiger partial charge is 0.342 e. The van der Waals surface area contributed by atoms with Crippen LogP contribution in [-0.4, -0.2) is 40.0 Å². The van der Waals surface area contributed by atoms with Gasteiger partial charge in [0, 0.05) is 7.05 Å². The van der Waals surface area contributed by atoms with Gasteiger partial charge in [0.25, 0.3) is 5.56 Å². The summed E-state index contributed by atoms with van der Waals surface area (Å²) >= 11 is 0. The number of likely N-dealkylation sites (N-methyl/N-ethyl adjacent to an activating group) is 1. The maximum absolute atomic E-state index is 13.1. The molecule has 1 aliphatic rings. The molecule has 0 saturated carbocycles. The topological polar surface area (TPSA) is 94.6 Å². The van der Waals surface area contributed by atoms with Crippen molar-refractivity contribution in [2.45, 2.75) is 45.7 Å². The number of hydrogen-bond donors (Lipinski definition) is 0. The Morgan fingerprint density at radius 3 is 2.87 bits per heavy atom. The van der Waals surface area contributed by atoms with Gasteiger partial charge >= 0.3 is 5.97 Å². The molecule has 2 aromatic heterocycles. The van der Waals surface area contributed by atoms with E-state index >= 15 is 0 Å². The third-order valence-electron chi connectivity index (χ3n) is 5.84. The van der Waals surface area contributed by atoms with Gasteiger partial charge in [-0.25, -0.2) is 9.78 Å². The zero-order chi connectivity index (χ0) is 22.1. The molecule has 8 nitrogen and oxygen atoms in total. The second-order valence-corrected chi connectivity index (χ2v) is 7.72. The lowest BCUT2D eigenvalue weighted by atomic mass is 9.87. The highest BCUT2D eigenvalue weighted by molar-refractivity contribution is 6.03. The van der Waals surface area contributed by atoms with Crippen LogP contribution in [-0.2, 0) is 22.5 Å². The Morgan fingerprint density at radius 1 is 1.32 bits per heavy atom. The van der Waals surface area contributed by atoms with Crippen LogP contribution in [0.4, 0.5) is 0 Å². The van der Waals surface area contributed by atoms with E-state index in [9.17, 15) is 14.4 Å². The molecule has 3 aromatic rings. The third kappa shape index (κ3) is 3.73. The molecule has 162 valence electrons. The largest absolute Gasteiger partial charge is 0.462 e. The average molecular weight is 423 g/mol. The number of benzene rings is 1. The van der Waals surface area contributed by atoms with E-state index < -0.39 is 11.5 Å². The third-order valence-corrected chi connectivity index (χ3v) is 5.84. The van der Waals surface area contributed by atoms with Crippen molar-refractivity contribution >= 4 is 23.0 Å². The summed E-state index contributed by atoms with van der Waals surface area (Å²) in [5, 5.41) is 0.0388. The minimum absolute atomic E-state index is 0.0314. The Kier molecular flexibility index (Phi) is 5.63. The quantitative estimate of drug-likeness (QED) is 0.586. The van der Waals surface area contributed by atoms with E-state index in [-0.39, 0.29) is 47.5 Å². The molecule has 0 N–H and O–H groups in total. The lowest BCUT2D eigenvalue weighted by molar-refractivity contribution is -0.133. The van der Waals surface area contributed by atoms with E-state index in [0.29, 0.717) is 0 Å². The van der Waals surface area contributed by atoms with Crippen molar-refractivity contribution in [2.75, 3.05) is 13.7 Å². The predicted octanol–water partition coefficient (Wildman–Crippen LogP) is 3.01. The van der Waals surface area contributed by atoms with Crippen LogP contribution in [0.1, 0.15) is 53.1 Å². The highest BCUT2D eigenvalue weighted by Gasteiger charge is 2.28. The number of rotatable bonds is 5. The van der Waals surface area contributed by atoms with E-state index in [1.54, 1.807) is 25.8 Å². The Balaban J connectivity index is 1.64. The standard InChI is InChI=1S/C23H25N3O5/c1-4-30-23(29)19-14(2)31-21-20(19)22(28)26(13-24-21)12-18(27)25(3)17-11-7-9-15-8-5-6-10-16(15)17/h5-6,8,10,13,17H,4,7,9,11-12H2,1-3H3/t17-/m0/s1. The van der Waals surface area contributed by atoms with Gasteiger partial charge in [0.15, 0.2) is 0 Å². The first-order valence-corrected chi connectivity index (χ1v) is 10.4. The molecule has 0 aliphatic heterocycles. The summed E-state index contributed by atoms with van der Waals surface area (Å²) < 4.78 is 11.7. The molecule has 0 radical (unpaired) electrons. The van der Waals surface area contributed by atoms with Gasteiger partial charge in [-0.3, -0.25) is 14.2 Å². The molecule has 31 heavy (non-hydrogen) atoms. The fourth-order valence-corrected chi connectivity index (χ4v) is 4.26. The van der Waals surface area contributed by atoms with Crippen LogP contribution >= 0.6 is 0 Å². The minimum Gasteiger partial charge on any atom is -0.462 e. The molecule has 0 spiro atoms. The summed E-state index contributed by atoms with van der Waals surface area (Å²) in [6.07, 6.45) is 4.16. The second kappa shape index (κ2) is 8.37. The molecule has 0 fully saturated rings. The van der Waals surface area contributed by atoms with Crippen LogP contribution in [0.2, 0.25) is 0 Å². The Labute approximate surface area is 179 Å². The summed E-state index contributed by atoms with van der Waals surface area (Å²) in [5.41, 5.74) is 2.03. The molecule has 2 heterocycles. The van der Waals surface area contributed by atoms with Crippen LogP contribution in [0.3, 0.4) is 0 Å². The number of furan rings is 1. The number of aromatic nitrogens is 2. The molecule has 1 aromatic carbocycles. The van der Waals surface area contributed by atoms with Gasteiger partial charge in [0.1, 0.15) is 29.6 Å². The van der Waals surface area contributed by atoms with Gasteiger partial charge < -0.3 is 14.1 Å². The first-order valence-electron chi connectivity index (χ1n) is 10.4. The lowest BCUT2D eigenvalue weighted by Crippen LogP contribution is -2.37. The van der Waals surface area contributed by atoms with E-state index in [0.717, 1.165) is 24.8 Å². The van der Waals surface area contributed by atoms with Crippen molar-refractivity contribution < 1.29 is 18.7 Å². The molecular formula is C23H25N3O5. The second-order valence-electron chi connectivity index (χ2n) is 7.72. The maximum Gasteiger partial charge on any atom is 0.342 e. The molecule has 1 atom stereocenters. The van der Waals surface area contributed by atoms with Crippen LogP contribution in [0.15, 0.2) is 39.8 Å². The number of nitrogens with zero attached hydrogens (tertiary/aromatic N) is 3. The normalized spacial score (nSPS) is 15.5. The number of carbonyl (C=O) groups excluding carboxylic acids is 2. The van der Waals surface area contributed by atoms with Crippen molar-refractivity contribution in [3.8, 4) is 0 Å². The van der Waals surface area contributed by atoms with Crippen LogP contribution in [0.5, 0.6) is 0 Å². The summed E-state index contributed by atoms with van der Waals surface area (Å²) in [4.78, 5) is 44.3. The average Bonchev–Trinajstić information content (AvgIpc) is 3.11. The van der Waals surface area contributed by atoms with E-state index in [1.165, 1.54) is 16.5 Å². The molecule has 4 rings (SSSR count). The fraction of sp³-hybridized carbons (Fsp3) is 0.391. The molecular weight excluding hydrogens is 398 g/mol. The van der Waals surface area contributed by atoms with Crippen molar-refractivity contribution in [1.29, 1.82) is 0 Å². The Hall–Kier alpha value is -3.42. The number of amides is 1. The van der Waals surface area contributed by atoms with Crippen molar-refractivity contribution in [3.63, 3.8) is 0 Å². The molecule has 1 amide bonds. The monoisotopic (exact) mass is 423 g/mol.